The molecule has 0 spiro atoms. The molecule has 0 amide bonds. The molecular formula is C21H30N2O4. The highest BCUT2D eigenvalue weighted by Gasteiger charge is 2.24. The number of furan rings is 1. The summed E-state index contributed by atoms with van der Waals surface area (Å²) >= 11 is 0. The summed E-state index contributed by atoms with van der Waals surface area (Å²) in [7, 11) is 1.67. The molecule has 1 aromatic carbocycles. The molecule has 2 aromatic rings. The third-order valence-electron chi connectivity index (χ3n) is 4.72. The number of aryl methyl sites for hydroxylation is 1. The van der Waals surface area contributed by atoms with Crippen molar-refractivity contribution in [1.29, 1.82) is 0 Å². The fraction of sp³-hybridized carbons (Fsp3) is 0.524. The van der Waals surface area contributed by atoms with Gasteiger partial charge < -0.3 is 23.9 Å². The number of nitrogens with zero attached hydrogens (tertiary/aromatic N) is 1. The van der Waals surface area contributed by atoms with Gasteiger partial charge in [-0.15, -0.1) is 0 Å². The first kappa shape index (κ1) is 19.9. The molecule has 0 saturated carbocycles. The number of hydrogen-bond donors (Lipinski definition) is 1. The highest BCUT2D eigenvalue weighted by atomic mass is 16.5. The summed E-state index contributed by atoms with van der Waals surface area (Å²) in [5.41, 5.74) is 1.23. The van der Waals surface area contributed by atoms with Gasteiger partial charge in [-0.3, -0.25) is 4.90 Å². The van der Waals surface area contributed by atoms with Gasteiger partial charge in [0.05, 0.1) is 25.9 Å². The van der Waals surface area contributed by atoms with Gasteiger partial charge >= 0.3 is 0 Å². The first-order valence-corrected chi connectivity index (χ1v) is 9.56. The number of nitrogens with one attached hydrogen (secondary N) is 1. The van der Waals surface area contributed by atoms with E-state index in [2.05, 4.69) is 28.4 Å². The highest BCUT2D eigenvalue weighted by Crippen LogP contribution is 2.23. The van der Waals surface area contributed by atoms with Crippen molar-refractivity contribution in [3.8, 4) is 5.75 Å². The number of morpholine rings is 1. The molecule has 3 rings (SSSR count). The average molecular weight is 374 g/mol. The normalized spacial score (nSPS) is 16.4. The molecule has 27 heavy (non-hydrogen) atoms. The fourth-order valence-corrected chi connectivity index (χ4v) is 3.23. The van der Waals surface area contributed by atoms with Crippen LogP contribution in [0, 0.1) is 6.92 Å². The van der Waals surface area contributed by atoms with Crippen LogP contribution in [0.1, 0.15) is 23.1 Å². The van der Waals surface area contributed by atoms with Crippen molar-refractivity contribution in [3.63, 3.8) is 0 Å². The molecule has 1 fully saturated rings. The third kappa shape index (κ3) is 6.07. The smallest absolute Gasteiger partial charge is 0.122 e. The van der Waals surface area contributed by atoms with Crippen LogP contribution in [0.3, 0.4) is 0 Å². The van der Waals surface area contributed by atoms with Gasteiger partial charge in [0, 0.05) is 33.3 Å². The monoisotopic (exact) mass is 374 g/mol. The van der Waals surface area contributed by atoms with Crippen molar-refractivity contribution in [1.82, 2.24) is 10.2 Å². The van der Waals surface area contributed by atoms with Crippen LogP contribution in [0.4, 0.5) is 0 Å². The predicted molar refractivity (Wildman–Crippen MR) is 104 cm³/mol. The van der Waals surface area contributed by atoms with Crippen molar-refractivity contribution in [2.75, 3.05) is 53.2 Å². The maximum absolute atomic E-state index is 5.91. The largest absolute Gasteiger partial charge is 0.491 e. The summed E-state index contributed by atoms with van der Waals surface area (Å²) in [5.74, 6) is 2.84. The minimum Gasteiger partial charge on any atom is -0.491 e. The minimum absolute atomic E-state index is 0.222. The molecule has 2 heterocycles. The zero-order chi connectivity index (χ0) is 18.9. The molecule has 0 bridgehead atoms. The quantitative estimate of drug-likeness (QED) is 0.646. The molecule has 1 unspecified atom stereocenters. The van der Waals surface area contributed by atoms with E-state index in [1.54, 1.807) is 7.11 Å². The van der Waals surface area contributed by atoms with E-state index < -0.39 is 0 Å². The zero-order valence-corrected chi connectivity index (χ0v) is 16.3. The second-order valence-electron chi connectivity index (χ2n) is 6.73. The molecule has 1 atom stereocenters. The Morgan fingerprint density at radius 1 is 1.07 bits per heavy atom. The maximum atomic E-state index is 5.91. The summed E-state index contributed by atoms with van der Waals surface area (Å²) in [5, 5.41) is 3.58. The zero-order valence-electron chi connectivity index (χ0n) is 16.3. The van der Waals surface area contributed by atoms with Crippen molar-refractivity contribution in [2.24, 2.45) is 0 Å². The third-order valence-corrected chi connectivity index (χ3v) is 4.72. The van der Waals surface area contributed by atoms with Crippen molar-refractivity contribution >= 4 is 0 Å². The van der Waals surface area contributed by atoms with Crippen molar-refractivity contribution < 1.29 is 18.6 Å². The molecule has 148 valence electrons. The second kappa shape index (κ2) is 10.5. The summed E-state index contributed by atoms with van der Waals surface area (Å²) in [6.45, 7) is 8.21. The molecule has 1 N–H and O–H groups in total. The van der Waals surface area contributed by atoms with Crippen molar-refractivity contribution in [2.45, 2.75) is 19.5 Å². The van der Waals surface area contributed by atoms with Gasteiger partial charge in [0.25, 0.3) is 0 Å². The summed E-state index contributed by atoms with van der Waals surface area (Å²) < 4.78 is 22.0. The Kier molecular flexibility index (Phi) is 7.71. The fourth-order valence-electron chi connectivity index (χ4n) is 3.23. The van der Waals surface area contributed by atoms with Gasteiger partial charge in [0.2, 0.25) is 0 Å². The standard InChI is InChI=1S/C21H30N2O4/c1-17-3-8-21(27-17)20(23-9-11-25-12-10-23)16-22-15-18-4-6-19(7-5-18)26-14-13-24-2/h3-8,20,22H,9-16H2,1-2H3. The van der Waals surface area contributed by atoms with Crippen LogP contribution in [-0.2, 0) is 16.0 Å². The van der Waals surface area contributed by atoms with Gasteiger partial charge in [-0.2, -0.15) is 0 Å². The van der Waals surface area contributed by atoms with E-state index in [0.717, 1.165) is 56.7 Å². The lowest BCUT2D eigenvalue weighted by Gasteiger charge is -2.33. The van der Waals surface area contributed by atoms with E-state index in [-0.39, 0.29) is 6.04 Å². The number of ether oxygens (including phenoxy) is 3. The molecule has 6 heteroatoms. The maximum Gasteiger partial charge on any atom is 0.122 e. The number of benzene rings is 1. The minimum atomic E-state index is 0.222. The Hall–Kier alpha value is -1.86. The van der Waals surface area contributed by atoms with Crippen LogP contribution in [0.5, 0.6) is 5.75 Å². The van der Waals surface area contributed by atoms with E-state index in [4.69, 9.17) is 18.6 Å². The molecule has 6 nitrogen and oxygen atoms in total. The van der Waals surface area contributed by atoms with Gasteiger partial charge in [0.15, 0.2) is 0 Å². The average Bonchev–Trinajstić information content (AvgIpc) is 3.13. The van der Waals surface area contributed by atoms with E-state index in [1.165, 1.54) is 5.56 Å². The van der Waals surface area contributed by atoms with Gasteiger partial charge in [-0.25, -0.2) is 0 Å². The molecule has 1 saturated heterocycles. The van der Waals surface area contributed by atoms with E-state index >= 15 is 0 Å². The van der Waals surface area contributed by atoms with Crippen LogP contribution in [0.15, 0.2) is 40.8 Å². The number of methoxy groups -OCH3 is 1. The molecule has 1 aliphatic rings. The van der Waals surface area contributed by atoms with Crippen molar-refractivity contribution in [3.05, 3.63) is 53.5 Å². The summed E-state index contributed by atoms with van der Waals surface area (Å²) in [6.07, 6.45) is 0. The SMILES string of the molecule is COCCOc1ccc(CNCC(c2ccc(C)o2)N2CCOCC2)cc1. The van der Waals surface area contributed by atoms with Crippen LogP contribution >= 0.6 is 0 Å². The Labute approximate surface area is 161 Å². The lowest BCUT2D eigenvalue weighted by Crippen LogP contribution is -2.42. The molecule has 0 radical (unpaired) electrons. The van der Waals surface area contributed by atoms with E-state index in [0.29, 0.717) is 13.2 Å². The molecule has 0 aliphatic carbocycles. The van der Waals surface area contributed by atoms with Crippen LogP contribution in [0.25, 0.3) is 0 Å². The highest BCUT2D eigenvalue weighted by molar-refractivity contribution is 5.27. The Bertz CT molecular complexity index is 665. The van der Waals surface area contributed by atoms with Crippen LogP contribution in [0.2, 0.25) is 0 Å². The second-order valence-corrected chi connectivity index (χ2v) is 6.73. The topological polar surface area (TPSA) is 56.1 Å². The Balaban J connectivity index is 1.52. The Morgan fingerprint density at radius 2 is 1.85 bits per heavy atom. The van der Waals surface area contributed by atoms with Gasteiger partial charge in [-0.1, -0.05) is 12.1 Å². The van der Waals surface area contributed by atoms with Gasteiger partial charge in [-0.05, 0) is 36.8 Å². The Morgan fingerprint density at radius 3 is 2.52 bits per heavy atom. The van der Waals surface area contributed by atoms with Crippen LogP contribution < -0.4 is 10.1 Å². The van der Waals surface area contributed by atoms with Crippen LogP contribution in [-0.4, -0.2) is 58.1 Å². The molecule has 1 aliphatic heterocycles. The van der Waals surface area contributed by atoms with Gasteiger partial charge in [0.1, 0.15) is 23.9 Å². The predicted octanol–water partition coefficient (Wildman–Crippen LogP) is 2.78. The lowest BCUT2D eigenvalue weighted by molar-refractivity contribution is 0.0115. The number of hydrogen-bond acceptors (Lipinski definition) is 6. The summed E-state index contributed by atoms with van der Waals surface area (Å²) in [6, 6.07) is 12.5. The molecular weight excluding hydrogens is 344 g/mol. The first-order valence-electron chi connectivity index (χ1n) is 9.56. The van der Waals surface area contributed by atoms with E-state index in [1.807, 2.05) is 25.1 Å². The first-order chi connectivity index (χ1) is 13.3. The summed E-state index contributed by atoms with van der Waals surface area (Å²) in [4.78, 5) is 2.43. The molecule has 1 aromatic heterocycles. The number of rotatable bonds is 10. The van der Waals surface area contributed by atoms with E-state index in [9.17, 15) is 0 Å². The lowest BCUT2D eigenvalue weighted by atomic mass is 10.1.